The van der Waals surface area contributed by atoms with Gasteiger partial charge in [0, 0.05) is 15.7 Å². The molecule has 0 fully saturated rings. The first-order chi connectivity index (χ1) is 8.95. The molecule has 19 heavy (non-hydrogen) atoms. The monoisotopic (exact) mass is 300 g/mol. The Bertz CT molecular complexity index is 629. The molecule has 2 rings (SSSR count). The SMILES string of the molecule is O=C(O)c1cc(F)cnc1Nc1cc(Cl)cc(Cl)c1. The zero-order valence-corrected chi connectivity index (χ0v) is 10.8. The number of aromatic nitrogens is 1. The van der Waals surface area contributed by atoms with E-state index in [1.54, 1.807) is 12.1 Å². The first-order valence-electron chi connectivity index (χ1n) is 5.07. The molecule has 4 nitrogen and oxygen atoms in total. The molecule has 1 aromatic heterocycles. The smallest absolute Gasteiger partial charge is 0.339 e. The predicted molar refractivity (Wildman–Crippen MR) is 70.9 cm³/mol. The van der Waals surface area contributed by atoms with Gasteiger partial charge in [-0.25, -0.2) is 14.2 Å². The lowest BCUT2D eigenvalue weighted by atomic mass is 10.2. The van der Waals surface area contributed by atoms with Gasteiger partial charge in [0.25, 0.3) is 0 Å². The van der Waals surface area contributed by atoms with E-state index in [9.17, 15) is 9.18 Å². The van der Waals surface area contributed by atoms with E-state index in [2.05, 4.69) is 10.3 Å². The van der Waals surface area contributed by atoms with Crippen LogP contribution in [-0.4, -0.2) is 16.1 Å². The highest BCUT2D eigenvalue weighted by Crippen LogP contribution is 2.26. The normalized spacial score (nSPS) is 10.3. The fourth-order valence-corrected chi connectivity index (χ4v) is 1.99. The molecule has 0 aliphatic carbocycles. The van der Waals surface area contributed by atoms with E-state index < -0.39 is 11.8 Å². The lowest BCUT2D eigenvalue weighted by Gasteiger charge is -2.09. The molecule has 7 heteroatoms. The van der Waals surface area contributed by atoms with Crippen LogP contribution < -0.4 is 5.32 Å². The van der Waals surface area contributed by atoms with Crippen LogP contribution in [0.25, 0.3) is 0 Å². The number of pyridine rings is 1. The third-order valence-electron chi connectivity index (χ3n) is 2.21. The number of aromatic carboxylic acids is 1. The third kappa shape index (κ3) is 3.33. The number of hydrogen-bond acceptors (Lipinski definition) is 3. The molecule has 0 saturated carbocycles. The number of hydrogen-bond donors (Lipinski definition) is 2. The first-order valence-corrected chi connectivity index (χ1v) is 5.83. The number of anilines is 2. The molecule has 2 N–H and O–H groups in total. The summed E-state index contributed by atoms with van der Waals surface area (Å²) in [6.45, 7) is 0. The molecule has 0 aliphatic rings. The fourth-order valence-electron chi connectivity index (χ4n) is 1.46. The van der Waals surface area contributed by atoms with Crippen LogP contribution in [0.2, 0.25) is 10.0 Å². The summed E-state index contributed by atoms with van der Waals surface area (Å²) in [7, 11) is 0. The summed E-state index contributed by atoms with van der Waals surface area (Å²) in [6.07, 6.45) is 0.918. The third-order valence-corrected chi connectivity index (χ3v) is 2.65. The maximum absolute atomic E-state index is 13.0. The molecule has 2 aromatic rings. The molecule has 0 radical (unpaired) electrons. The Morgan fingerprint density at radius 2 is 1.84 bits per heavy atom. The molecular formula is C12H7Cl2FN2O2. The average Bonchev–Trinajstić information content (AvgIpc) is 2.30. The van der Waals surface area contributed by atoms with Crippen LogP contribution in [-0.2, 0) is 0 Å². The van der Waals surface area contributed by atoms with E-state index in [4.69, 9.17) is 28.3 Å². The van der Waals surface area contributed by atoms with E-state index >= 15 is 0 Å². The number of halogens is 3. The van der Waals surface area contributed by atoms with Gasteiger partial charge in [0.1, 0.15) is 17.2 Å². The minimum Gasteiger partial charge on any atom is -0.478 e. The Kier molecular flexibility index (Phi) is 3.87. The number of nitrogens with one attached hydrogen (secondary N) is 1. The number of benzene rings is 1. The number of carboxylic acids is 1. The molecule has 0 unspecified atom stereocenters. The highest BCUT2D eigenvalue weighted by molar-refractivity contribution is 6.35. The van der Waals surface area contributed by atoms with Crippen molar-refractivity contribution in [2.75, 3.05) is 5.32 Å². The van der Waals surface area contributed by atoms with Gasteiger partial charge >= 0.3 is 5.97 Å². The minimum atomic E-state index is -1.29. The number of nitrogens with zero attached hydrogens (tertiary/aromatic N) is 1. The number of carboxylic acid groups (broad SMARTS) is 1. The number of carbonyl (C=O) groups is 1. The van der Waals surface area contributed by atoms with Crippen molar-refractivity contribution >= 4 is 40.7 Å². The topological polar surface area (TPSA) is 62.2 Å². The fraction of sp³-hybridized carbons (Fsp3) is 0. The van der Waals surface area contributed by atoms with Crippen molar-refractivity contribution in [2.24, 2.45) is 0 Å². The van der Waals surface area contributed by atoms with Crippen LogP contribution in [0, 0.1) is 5.82 Å². The zero-order valence-electron chi connectivity index (χ0n) is 9.32. The van der Waals surface area contributed by atoms with Crippen molar-refractivity contribution in [1.29, 1.82) is 0 Å². The first kappa shape index (κ1) is 13.6. The molecule has 0 bridgehead atoms. The highest BCUT2D eigenvalue weighted by Gasteiger charge is 2.13. The molecule has 0 aliphatic heterocycles. The minimum absolute atomic E-state index is 0.00670. The van der Waals surface area contributed by atoms with Crippen molar-refractivity contribution < 1.29 is 14.3 Å². The second-order valence-electron chi connectivity index (χ2n) is 3.64. The molecule has 0 spiro atoms. The van der Waals surface area contributed by atoms with E-state index in [1.165, 1.54) is 6.07 Å². The van der Waals surface area contributed by atoms with Crippen molar-refractivity contribution in [3.05, 3.63) is 51.9 Å². The maximum atomic E-state index is 13.0. The Balaban J connectivity index is 2.40. The molecule has 0 amide bonds. The molecular weight excluding hydrogens is 294 g/mol. The van der Waals surface area contributed by atoms with Gasteiger partial charge in [-0.15, -0.1) is 0 Å². The van der Waals surface area contributed by atoms with Crippen LogP contribution in [0.1, 0.15) is 10.4 Å². The van der Waals surface area contributed by atoms with Crippen LogP contribution >= 0.6 is 23.2 Å². The van der Waals surface area contributed by atoms with Crippen LogP contribution in [0.15, 0.2) is 30.5 Å². The highest BCUT2D eigenvalue weighted by atomic mass is 35.5. The van der Waals surface area contributed by atoms with Crippen LogP contribution in [0.4, 0.5) is 15.9 Å². The van der Waals surface area contributed by atoms with Crippen molar-refractivity contribution in [3.63, 3.8) is 0 Å². The largest absolute Gasteiger partial charge is 0.478 e. The van der Waals surface area contributed by atoms with Gasteiger partial charge in [-0.3, -0.25) is 0 Å². The van der Waals surface area contributed by atoms with Crippen LogP contribution in [0.3, 0.4) is 0 Å². The van der Waals surface area contributed by atoms with Crippen molar-refractivity contribution in [2.45, 2.75) is 0 Å². The Morgan fingerprint density at radius 1 is 1.21 bits per heavy atom. The Morgan fingerprint density at radius 3 is 2.42 bits per heavy atom. The van der Waals surface area contributed by atoms with Gasteiger partial charge in [0.2, 0.25) is 0 Å². The molecule has 1 heterocycles. The Labute approximate surface area is 117 Å². The summed E-state index contributed by atoms with van der Waals surface area (Å²) in [4.78, 5) is 14.7. The summed E-state index contributed by atoms with van der Waals surface area (Å²) in [5.74, 6) is -2.01. The molecule has 0 saturated heterocycles. The second-order valence-corrected chi connectivity index (χ2v) is 4.51. The zero-order chi connectivity index (χ0) is 14.0. The summed E-state index contributed by atoms with van der Waals surface area (Å²) < 4.78 is 13.0. The van der Waals surface area contributed by atoms with E-state index in [1.807, 2.05) is 0 Å². The van der Waals surface area contributed by atoms with Gasteiger partial charge < -0.3 is 10.4 Å². The summed E-state index contributed by atoms with van der Waals surface area (Å²) in [5.41, 5.74) is 0.176. The van der Waals surface area contributed by atoms with Gasteiger partial charge in [-0.05, 0) is 24.3 Å². The van der Waals surface area contributed by atoms with Gasteiger partial charge in [0.15, 0.2) is 0 Å². The van der Waals surface area contributed by atoms with E-state index in [0.717, 1.165) is 12.3 Å². The maximum Gasteiger partial charge on any atom is 0.339 e. The molecule has 1 aromatic carbocycles. The van der Waals surface area contributed by atoms with E-state index in [0.29, 0.717) is 15.7 Å². The van der Waals surface area contributed by atoms with Crippen molar-refractivity contribution in [1.82, 2.24) is 4.98 Å². The lowest BCUT2D eigenvalue weighted by molar-refractivity contribution is 0.0697. The Hall–Kier alpha value is -1.85. The van der Waals surface area contributed by atoms with Gasteiger partial charge in [-0.2, -0.15) is 0 Å². The van der Waals surface area contributed by atoms with Gasteiger partial charge in [0.05, 0.1) is 6.20 Å². The summed E-state index contributed by atoms with van der Waals surface area (Å²) in [5, 5.41) is 12.5. The van der Waals surface area contributed by atoms with Crippen molar-refractivity contribution in [3.8, 4) is 0 Å². The predicted octanol–water partition coefficient (Wildman–Crippen LogP) is 3.97. The molecule has 0 atom stereocenters. The standard InChI is InChI=1S/C12H7Cl2FN2O2/c13-6-1-7(14)3-9(2-6)17-11-10(12(18)19)4-8(15)5-16-11/h1-5H,(H,16,17)(H,18,19). The van der Waals surface area contributed by atoms with Crippen LogP contribution in [0.5, 0.6) is 0 Å². The average molecular weight is 301 g/mol. The lowest BCUT2D eigenvalue weighted by Crippen LogP contribution is -2.05. The van der Waals surface area contributed by atoms with E-state index in [-0.39, 0.29) is 11.4 Å². The molecule has 98 valence electrons. The van der Waals surface area contributed by atoms with Gasteiger partial charge in [-0.1, -0.05) is 23.2 Å². The summed E-state index contributed by atoms with van der Waals surface area (Å²) in [6, 6.07) is 5.50. The quantitative estimate of drug-likeness (QED) is 0.900. The number of rotatable bonds is 3. The summed E-state index contributed by atoms with van der Waals surface area (Å²) >= 11 is 11.6. The second kappa shape index (κ2) is 5.42.